The summed E-state index contributed by atoms with van der Waals surface area (Å²) in [6.07, 6.45) is 0.0641. The second kappa shape index (κ2) is 7.86. The summed E-state index contributed by atoms with van der Waals surface area (Å²) in [6.45, 7) is 6.41. The fourth-order valence-corrected chi connectivity index (χ4v) is 4.79. The molecule has 0 bridgehead atoms. The van der Waals surface area contributed by atoms with Gasteiger partial charge in [-0.1, -0.05) is 24.0 Å². The molecule has 0 fully saturated rings. The molecule has 1 amide bonds. The number of nitrogens with two attached hydrogens (primary N) is 2. The molecule has 152 valence electrons. The summed E-state index contributed by atoms with van der Waals surface area (Å²) in [4.78, 5) is 18.0. The first-order valence-corrected chi connectivity index (χ1v) is 10.4. The Morgan fingerprint density at radius 2 is 1.93 bits per heavy atom. The van der Waals surface area contributed by atoms with Gasteiger partial charge < -0.3 is 11.5 Å². The average Bonchev–Trinajstić information content (AvgIpc) is 3.19. The minimum absolute atomic E-state index is 0.0641. The predicted octanol–water partition coefficient (Wildman–Crippen LogP) is 2.33. The number of fused-ring (bicyclic) bond motifs is 3. The molecule has 1 aromatic carbocycles. The number of hydrogen-bond donors (Lipinski definition) is 2. The molecule has 1 aliphatic heterocycles. The quantitative estimate of drug-likeness (QED) is 0.636. The normalized spacial score (nSPS) is 14.8. The van der Waals surface area contributed by atoms with Crippen molar-refractivity contribution in [2.75, 3.05) is 6.54 Å². The third-order valence-corrected chi connectivity index (χ3v) is 6.32. The SMILES string of the molecule is Cc1sc2c(c1C)C(c1ccc(C#CCN)cc1)=N[C@@H](CC(N)=O)c1nnc(C)n1-2. The number of rotatable bonds is 3. The Morgan fingerprint density at radius 1 is 1.20 bits per heavy atom. The molecule has 4 rings (SSSR count). The molecule has 0 unspecified atom stereocenters. The van der Waals surface area contributed by atoms with Crippen molar-refractivity contribution in [1.29, 1.82) is 0 Å². The molecule has 3 heterocycles. The van der Waals surface area contributed by atoms with Crippen molar-refractivity contribution in [3.8, 4) is 16.8 Å². The summed E-state index contributed by atoms with van der Waals surface area (Å²) in [5, 5.41) is 9.60. The first kappa shape index (κ1) is 20.0. The van der Waals surface area contributed by atoms with Gasteiger partial charge in [-0.15, -0.1) is 21.5 Å². The monoisotopic (exact) mass is 418 g/mol. The Balaban J connectivity index is 1.94. The molecular formula is C22H22N6OS. The molecule has 4 N–H and O–H groups in total. The number of thiophene rings is 1. The van der Waals surface area contributed by atoms with E-state index in [0.29, 0.717) is 12.4 Å². The fourth-order valence-electron chi connectivity index (χ4n) is 3.58. The molecule has 7 nitrogen and oxygen atoms in total. The molecule has 3 aromatic rings. The zero-order chi connectivity index (χ0) is 21.4. The van der Waals surface area contributed by atoms with Crippen LogP contribution in [-0.4, -0.2) is 32.9 Å². The molecule has 8 heteroatoms. The molecule has 2 aromatic heterocycles. The van der Waals surface area contributed by atoms with Gasteiger partial charge in [-0.2, -0.15) is 0 Å². The van der Waals surface area contributed by atoms with Gasteiger partial charge in [0, 0.05) is 21.6 Å². The van der Waals surface area contributed by atoms with Crippen LogP contribution < -0.4 is 11.5 Å². The molecule has 0 spiro atoms. The van der Waals surface area contributed by atoms with Gasteiger partial charge in [-0.3, -0.25) is 14.4 Å². The zero-order valence-corrected chi connectivity index (χ0v) is 17.9. The number of aliphatic imine (C=N–C) groups is 1. The van der Waals surface area contributed by atoms with E-state index >= 15 is 0 Å². The second-order valence-corrected chi connectivity index (χ2v) is 8.35. The highest BCUT2D eigenvalue weighted by atomic mass is 32.1. The third-order valence-electron chi connectivity index (χ3n) is 5.13. The number of primary amides is 1. The second-order valence-electron chi connectivity index (χ2n) is 7.15. The third kappa shape index (κ3) is 3.43. The lowest BCUT2D eigenvalue weighted by molar-refractivity contribution is -0.118. The topological polar surface area (TPSA) is 112 Å². The number of aromatic nitrogens is 3. The van der Waals surface area contributed by atoms with Crippen LogP contribution in [-0.2, 0) is 4.79 Å². The van der Waals surface area contributed by atoms with Gasteiger partial charge >= 0.3 is 0 Å². The van der Waals surface area contributed by atoms with Crippen LogP contribution in [0.1, 0.15) is 51.2 Å². The Morgan fingerprint density at radius 3 is 2.60 bits per heavy atom. The van der Waals surface area contributed by atoms with E-state index in [1.165, 1.54) is 4.88 Å². The highest BCUT2D eigenvalue weighted by molar-refractivity contribution is 7.15. The van der Waals surface area contributed by atoms with Crippen LogP contribution in [0.15, 0.2) is 29.3 Å². The maximum absolute atomic E-state index is 11.8. The van der Waals surface area contributed by atoms with Crippen LogP contribution in [0.25, 0.3) is 5.00 Å². The van der Waals surface area contributed by atoms with E-state index < -0.39 is 11.9 Å². The van der Waals surface area contributed by atoms with Crippen molar-refractivity contribution in [2.24, 2.45) is 16.5 Å². The summed E-state index contributed by atoms with van der Waals surface area (Å²) >= 11 is 1.67. The average molecular weight is 419 g/mol. The minimum Gasteiger partial charge on any atom is -0.370 e. The van der Waals surface area contributed by atoms with E-state index in [1.54, 1.807) is 11.3 Å². The minimum atomic E-state index is -0.505. The van der Waals surface area contributed by atoms with E-state index in [-0.39, 0.29) is 6.42 Å². The molecule has 1 aliphatic rings. The van der Waals surface area contributed by atoms with Crippen molar-refractivity contribution < 1.29 is 4.79 Å². The van der Waals surface area contributed by atoms with Crippen molar-refractivity contribution in [2.45, 2.75) is 33.2 Å². The van der Waals surface area contributed by atoms with Crippen LogP contribution in [0.2, 0.25) is 0 Å². The Bertz CT molecular complexity index is 1220. The number of benzene rings is 1. The number of amides is 1. The molecule has 0 aliphatic carbocycles. The van der Waals surface area contributed by atoms with Crippen LogP contribution in [0.4, 0.5) is 0 Å². The van der Waals surface area contributed by atoms with E-state index in [4.69, 9.17) is 16.5 Å². The van der Waals surface area contributed by atoms with E-state index in [0.717, 1.165) is 38.8 Å². The van der Waals surface area contributed by atoms with Crippen LogP contribution in [0, 0.1) is 32.6 Å². The van der Waals surface area contributed by atoms with Crippen LogP contribution >= 0.6 is 11.3 Å². The highest BCUT2D eigenvalue weighted by Crippen LogP contribution is 2.39. The van der Waals surface area contributed by atoms with E-state index in [2.05, 4.69) is 35.9 Å². The molecule has 0 saturated heterocycles. The summed E-state index contributed by atoms with van der Waals surface area (Å²) < 4.78 is 2.01. The summed E-state index contributed by atoms with van der Waals surface area (Å²) in [7, 11) is 0. The van der Waals surface area contributed by atoms with Gasteiger partial charge in [-0.25, -0.2) is 0 Å². The smallest absolute Gasteiger partial charge is 0.220 e. The van der Waals surface area contributed by atoms with E-state index in [1.807, 2.05) is 35.8 Å². The maximum atomic E-state index is 11.8. The summed E-state index contributed by atoms with van der Waals surface area (Å²) in [6, 6.07) is 7.39. The first-order chi connectivity index (χ1) is 14.4. The molecule has 0 radical (unpaired) electrons. The van der Waals surface area contributed by atoms with Crippen molar-refractivity contribution in [3.05, 3.63) is 63.0 Å². The van der Waals surface area contributed by atoms with Gasteiger partial charge in [-0.05, 0) is 38.5 Å². The molecule has 1 atom stereocenters. The maximum Gasteiger partial charge on any atom is 0.220 e. The van der Waals surface area contributed by atoms with Gasteiger partial charge in [0.2, 0.25) is 5.91 Å². The summed E-state index contributed by atoms with van der Waals surface area (Å²) in [5.41, 5.74) is 15.8. The standard InChI is InChI=1S/C22H22N6OS/c1-12-13(2)30-22-19(12)20(16-8-6-15(7-9-16)5-4-10-23)25-17(11-18(24)29)21-27-26-14(3)28(21)22/h6-9,17H,10-11,23H2,1-3H3,(H2,24,29)/t17-/m0/s1. The molecule has 30 heavy (non-hydrogen) atoms. The Labute approximate surface area is 178 Å². The zero-order valence-electron chi connectivity index (χ0n) is 17.1. The lowest BCUT2D eigenvalue weighted by Gasteiger charge is -2.11. The lowest BCUT2D eigenvalue weighted by Crippen LogP contribution is -2.17. The number of carbonyl (C=O) groups is 1. The fraction of sp³-hybridized carbons (Fsp3) is 0.273. The largest absolute Gasteiger partial charge is 0.370 e. The van der Waals surface area contributed by atoms with E-state index in [9.17, 15) is 4.79 Å². The van der Waals surface area contributed by atoms with Crippen LogP contribution in [0.3, 0.4) is 0 Å². The first-order valence-electron chi connectivity index (χ1n) is 9.58. The lowest BCUT2D eigenvalue weighted by atomic mass is 9.98. The van der Waals surface area contributed by atoms with Crippen molar-refractivity contribution in [3.63, 3.8) is 0 Å². The number of nitrogens with zero attached hydrogens (tertiary/aromatic N) is 4. The van der Waals surface area contributed by atoms with Crippen molar-refractivity contribution in [1.82, 2.24) is 14.8 Å². The number of aryl methyl sites for hydroxylation is 2. The van der Waals surface area contributed by atoms with Gasteiger partial charge in [0.1, 0.15) is 16.9 Å². The van der Waals surface area contributed by atoms with Gasteiger partial charge in [0.05, 0.1) is 18.7 Å². The van der Waals surface area contributed by atoms with Gasteiger partial charge in [0.25, 0.3) is 0 Å². The van der Waals surface area contributed by atoms with Crippen molar-refractivity contribution >= 4 is 23.0 Å². The molecule has 0 saturated carbocycles. The summed E-state index contributed by atoms with van der Waals surface area (Å²) in [5.74, 6) is 6.86. The van der Waals surface area contributed by atoms with Gasteiger partial charge in [0.15, 0.2) is 5.82 Å². The highest BCUT2D eigenvalue weighted by Gasteiger charge is 2.31. The van der Waals surface area contributed by atoms with Crippen LogP contribution in [0.5, 0.6) is 0 Å². The Kier molecular flexibility index (Phi) is 5.24. The molecular weight excluding hydrogens is 396 g/mol. The predicted molar refractivity (Wildman–Crippen MR) is 118 cm³/mol. The number of hydrogen-bond acceptors (Lipinski definition) is 6. The number of carbonyl (C=O) groups excluding carboxylic acids is 1. The Hall–Kier alpha value is -3.28.